The van der Waals surface area contributed by atoms with Crippen molar-refractivity contribution in [2.45, 2.75) is 58.8 Å². The number of rotatable bonds is 14. The Morgan fingerprint density at radius 3 is 2.55 bits per heavy atom. The number of carbonyl (C=O) groups is 3. The molecule has 0 aliphatic heterocycles. The van der Waals surface area contributed by atoms with Crippen LogP contribution >= 0.6 is 11.8 Å². The van der Waals surface area contributed by atoms with Crippen LogP contribution < -0.4 is 5.32 Å². The molecular weight excluding hydrogens is 445 g/mol. The fraction of sp³-hybridized carbons (Fsp3) is 0.500. The molecule has 1 aromatic heterocycles. The molecule has 0 bridgehead atoms. The van der Waals surface area contributed by atoms with Crippen LogP contribution in [-0.4, -0.2) is 46.1 Å². The van der Waals surface area contributed by atoms with E-state index in [1.54, 1.807) is 19.1 Å². The minimum atomic E-state index is -0.355. The summed E-state index contributed by atoms with van der Waals surface area (Å²) < 4.78 is 18.6. The number of amides is 1. The highest BCUT2D eigenvalue weighted by Gasteiger charge is 2.20. The van der Waals surface area contributed by atoms with Crippen molar-refractivity contribution in [3.05, 3.63) is 41.3 Å². The Balaban J connectivity index is 1.96. The summed E-state index contributed by atoms with van der Waals surface area (Å²) in [5.41, 5.74) is 2.18. The second kappa shape index (κ2) is 14.5. The van der Waals surface area contributed by atoms with Gasteiger partial charge in [0, 0.05) is 43.2 Å². The Morgan fingerprint density at radius 2 is 1.85 bits per heavy atom. The molecule has 180 valence electrons. The van der Waals surface area contributed by atoms with E-state index in [9.17, 15) is 18.8 Å². The Hall–Kier alpha value is -2.68. The lowest BCUT2D eigenvalue weighted by molar-refractivity contribution is -0.143. The van der Waals surface area contributed by atoms with Gasteiger partial charge in [-0.3, -0.25) is 19.5 Å². The third-order valence-electron chi connectivity index (χ3n) is 4.95. The number of nitrogens with zero attached hydrogens (tertiary/aromatic N) is 1. The van der Waals surface area contributed by atoms with Gasteiger partial charge in [0.2, 0.25) is 0 Å². The third kappa shape index (κ3) is 9.37. The molecule has 1 aromatic carbocycles. The number of aromatic nitrogens is 2. The number of hydrogen-bond donors (Lipinski definition) is 2. The Morgan fingerprint density at radius 1 is 1.12 bits per heavy atom. The van der Waals surface area contributed by atoms with Gasteiger partial charge >= 0.3 is 5.97 Å². The first-order valence-electron chi connectivity index (χ1n) is 11.3. The number of benzene rings is 1. The maximum Gasteiger partial charge on any atom is 0.305 e. The summed E-state index contributed by atoms with van der Waals surface area (Å²) in [6, 6.07) is 5.91. The fourth-order valence-corrected chi connectivity index (χ4v) is 3.91. The van der Waals surface area contributed by atoms with Crippen LogP contribution in [0.3, 0.4) is 0 Å². The summed E-state index contributed by atoms with van der Waals surface area (Å²) in [6.45, 7) is 4.12. The van der Waals surface area contributed by atoms with Crippen LogP contribution in [0.1, 0.15) is 68.4 Å². The number of aromatic amines is 1. The molecule has 1 amide bonds. The van der Waals surface area contributed by atoms with Crippen LogP contribution in [0.25, 0.3) is 11.3 Å². The highest BCUT2D eigenvalue weighted by molar-refractivity contribution is 8.13. The molecule has 1 heterocycles. The average molecular weight is 478 g/mol. The number of unbranched alkanes of at least 4 members (excludes halogenated alkanes) is 3. The largest absolute Gasteiger partial charge is 0.465 e. The van der Waals surface area contributed by atoms with Gasteiger partial charge in [-0.15, -0.1) is 0 Å². The van der Waals surface area contributed by atoms with Crippen molar-refractivity contribution in [3.8, 4) is 11.3 Å². The first-order chi connectivity index (χ1) is 15.9. The summed E-state index contributed by atoms with van der Waals surface area (Å²) in [5.74, 6) is -0.113. The zero-order valence-electron chi connectivity index (χ0n) is 19.2. The van der Waals surface area contributed by atoms with Gasteiger partial charge in [0.25, 0.3) is 5.91 Å². The zero-order chi connectivity index (χ0) is 24.1. The van der Waals surface area contributed by atoms with Gasteiger partial charge in [-0.25, -0.2) is 4.39 Å². The monoisotopic (exact) mass is 477 g/mol. The fourth-order valence-electron chi connectivity index (χ4n) is 3.28. The molecular formula is C24H32FN3O4S. The molecule has 2 N–H and O–H groups in total. The normalized spacial score (nSPS) is 10.8. The van der Waals surface area contributed by atoms with Crippen molar-refractivity contribution in [2.24, 2.45) is 0 Å². The Labute approximate surface area is 198 Å². The molecule has 0 fully saturated rings. The van der Waals surface area contributed by atoms with E-state index in [2.05, 4.69) is 15.5 Å². The van der Waals surface area contributed by atoms with E-state index in [1.165, 1.54) is 23.9 Å². The minimum Gasteiger partial charge on any atom is -0.465 e. The van der Waals surface area contributed by atoms with E-state index in [0.717, 1.165) is 31.4 Å². The first kappa shape index (κ1) is 26.6. The molecule has 33 heavy (non-hydrogen) atoms. The van der Waals surface area contributed by atoms with Crippen molar-refractivity contribution >= 4 is 28.8 Å². The van der Waals surface area contributed by atoms with E-state index < -0.39 is 0 Å². The van der Waals surface area contributed by atoms with Crippen molar-refractivity contribution < 1.29 is 23.5 Å². The molecule has 9 heteroatoms. The van der Waals surface area contributed by atoms with Gasteiger partial charge in [-0.05, 0) is 43.5 Å². The number of carbonyl (C=O) groups excluding carboxylic acids is 3. The highest BCUT2D eigenvalue weighted by atomic mass is 32.2. The van der Waals surface area contributed by atoms with Crippen molar-refractivity contribution in [1.82, 2.24) is 15.5 Å². The van der Waals surface area contributed by atoms with Crippen molar-refractivity contribution in [1.29, 1.82) is 0 Å². The van der Waals surface area contributed by atoms with Gasteiger partial charge in [-0.2, -0.15) is 5.10 Å². The van der Waals surface area contributed by atoms with Gasteiger partial charge in [0.05, 0.1) is 12.3 Å². The maximum atomic E-state index is 13.3. The predicted octanol–water partition coefficient (Wildman–Crippen LogP) is 4.67. The summed E-state index contributed by atoms with van der Waals surface area (Å²) in [5, 5.41) is 10.1. The maximum absolute atomic E-state index is 13.3. The van der Waals surface area contributed by atoms with Crippen molar-refractivity contribution in [2.75, 3.05) is 18.9 Å². The topological polar surface area (TPSA) is 101 Å². The van der Waals surface area contributed by atoms with Crippen LogP contribution in [0, 0.1) is 5.82 Å². The van der Waals surface area contributed by atoms with Gasteiger partial charge in [0.1, 0.15) is 5.82 Å². The molecule has 0 saturated carbocycles. The second-order valence-electron chi connectivity index (χ2n) is 7.66. The van der Waals surface area contributed by atoms with Gasteiger partial charge in [0.15, 0.2) is 10.8 Å². The number of hydrogen-bond acceptors (Lipinski definition) is 6. The van der Waals surface area contributed by atoms with E-state index >= 15 is 0 Å². The molecule has 0 atom stereocenters. The Kier molecular flexibility index (Phi) is 11.6. The third-order valence-corrected chi connectivity index (χ3v) is 5.85. The van der Waals surface area contributed by atoms with E-state index in [4.69, 9.17) is 4.74 Å². The summed E-state index contributed by atoms with van der Waals surface area (Å²) in [4.78, 5) is 35.4. The predicted molar refractivity (Wildman–Crippen MR) is 127 cm³/mol. The molecule has 0 aliphatic carbocycles. The van der Waals surface area contributed by atoms with E-state index in [1.807, 2.05) is 6.92 Å². The molecule has 2 aromatic rings. The number of halogens is 1. The molecule has 0 radical (unpaired) electrons. The number of ether oxygens (including phenoxy) is 1. The van der Waals surface area contributed by atoms with Crippen LogP contribution in [0.2, 0.25) is 0 Å². The molecule has 0 unspecified atom stereocenters. The lowest BCUT2D eigenvalue weighted by Crippen LogP contribution is -2.26. The van der Waals surface area contributed by atoms with Gasteiger partial charge < -0.3 is 10.1 Å². The summed E-state index contributed by atoms with van der Waals surface area (Å²) in [7, 11) is 0. The Bertz CT molecular complexity index is 915. The number of esters is 1. The quantitative estimate of drug-likeness (QED) is 0.303. The van der Waals surface area contributed by atoms with Crippen LogP contribution in [0.4, 0.5) is 4.39 Å². The molecule has 0 aliphatic rings. The minimum absolute atomic E-state index is 0.130. The van der Waals surface area contributed by atoms with Gasteiger partial charge in [-0.1, -0.05) is 31.5 Å². The second-order valence-corrected chi connectivity index (χ2v) is 8.94. The number of thioether (sulfide) groups is 1. The lowest BCUT2D eigenvalue weighted by atomic mass is 10.0. The molecule has 2 rings (SSSR count). The highest BCUT2D eigenvalue weighted by Crippen LogP contribution is 2.25. The van der Waals surface area contributed by atoms with Crippen LogP contribution in [0.5, 0.6) is 0 Å². The van der Waals surface area contributed by atoms with E-state index in [-0.39, 0.29) is 35.1 Å². The van der Waals surface area contributed by atoms with Crippen LogP contribution in [0.15, 0.2) is 24.3 Å². The smallest absolute Gasteiger partial charge is 0.305 e. The summed E-state index contributed by atoms with van der Waals surface area (Å²) in [6.07, 6.45) is 5.12. The molecule has 0 saturated heterocycles. The number of H-pyrrole nitrogens is 1. The first-order valence-corrected chi connectivity index (χ1v) is 12.3. The lowest BCUT2D eigenvalue weighted by Gasteiger charge is -2.09. The summed E-state index contributed by atoms with van der Waals surface area (Å²) >= 11 is 1.34. The average Bonchev–Trinajstić information content (AvgIpc) is 3.20. The standard InChI is InChI=1S/C24H32FN3O4S/c1-3-8-21(30)32-15-13-20-22(18-9-11-19(25)12-10-18)27-28-23(20)24(31)26-14-6-4-5-7-16-33-17(2)29/h9-12H,3-8,13-16H2,1-2H3,(H,26,31)(H,27,28). The number of nitrogens with one attached hydrogen (secondary N) is 2. The van der Waals surface area contributed by atoms with E-state index in [0.29, 0.717) is 42.6 Å². The zero-order valence-corrected chi connectivity index (χ0v) is 20.1. The molecule has 7 nitrogen and oxygen atoms in total. The van der Waals surface area contributed by atoms with Crippen molar-refractivity contribution in [3.63, 3.8) is 0 Å². The van der Waals surface area contributed by atoms with Crippen LogP contribution in [-0.2, 0) is 20.7 Å². The SMILES string of the molecule is CCCC(=O)OCCc1c(C(=O)NCCCCCCSC(C)=O)n[nH]c1-c1ccc(F)cc1. The molecule has 0 spiro atoms.